The van der Waals surface area contributed by atoms with Crippen LogP contribution in [-0.4, -0.2) is 21.7 Å². The van der Waals surface area contributed by atoms with Crippen LogP contribution in [0.1, 0.15) is 49.6 Å². The molecule has 2 aliphatic carbocycles. The number of aromatic nitrogens is 2. The maximum atomic E-state index is 12.7. The molecule has 4 unspecified atom stereocenters. The number of carbonyl (C=O) groups excluding carboxylic acids is 1. The van der Waals surface area contributed by atoms with Crippen LogP contribution in [0, 0.1) is 17.8 Å². The van der Waals surface area contributed by atoms with E-state index in [1.807, 2.05) is 6.92 Å². The molecule has 1 aromatic rings. The first-order chi connectivity index (χ1) is 9.56. The second-order valence-corrected chi connectivity index (χ2v) is 6.04. The maximum absolute atomic E-state index is 12.7. The average Bonchev–Trinajstić information content (AvgIpc) is 3.13. The van der Waals surface area contributed by atoms with Crippen LogP contribution in [0.4, 0.5) is 8.78 Å². The number of carbonyl (C=O) groups is 1. The molecule has 0 spiro atoms. The van der Waals surface area contributed by atoms with Gasteiger partial charge in [-0.3, -0.25) is 4.79 Å². The molecule has 1 amide bonds. The standard InChI is InChI=1S/C14H19F2N3O/c1-8(11-7-9-2-3-10(11)6-9)18-13(20)12-4-5-17-19(12)14(15)16/h4-5,8-11,14H,2-3,6-7H2,1H3,(H,18,20). The molecule has 2 fully saturated rings. The Morgan fingerprint density at radius 2 is 2.25 bits per heavy atom. The molecule has 0 radical (unpaired) electrons. The molecule has 4 nitrogen and oxygen atoms in total. The topological polar surface area (TPSA) is 46.9 Å². The van der Waals surface area contributed by atoms with Gasteiger partial charge in [0.15, 0.2) is 0 Å². The van der Waals surface area contributed by atoms with Gasteiger partial charge in [-0.05, 0) is 50.0 Å². The monoisotopic (exact) mass is 283 g/mol. The lowest BCUT2D eigenvalue weighted by Crippen LogP contribution is -2.40. The Bertz CT molecular complexity index is 502. The summed E-state index contributed by atoms with van der Waals surface area (Å²) >= 11 is 0. The number of hydrogen-bond acceptors (Lipinski definition) is 2. The molecule has 2 saturated carbocycles. The Kier molecular flexibility index (Phi) is 3.48. The third kappa shape index (κ3) is 2.31. The normalized spacial score (nSPS) is 29.9. The van der Waals surface area contributed by atoms with Crippen LogP contribution in [0.3, 0.4) is 0 Å². The predicted molar refractivity (Wildman–Crippen MR) is 69.3 cm³/mol. The van der Waals surface area contributed by atoms with Crippen molar-refractivity contribution in [1.82, 2.24) is 15.1 Å². The van der Waals surface area contributed by atoms with Crippen LogP contribution in [0.5, 0.6) is 0 Å². The van der Waals surface area contributed by atoms with E-state index >= 15 is 0 Å². The van der Waals surface area contributed by atoms with Crippen LogP contribution in [0.25, 0.3) is 0 Å². The van der Waals surface area contributed by atoms with Crippen LogP contribution in [0.15, 0.2) is 12.3 Å². The summed E-state index contributed by atoms with van der Waals surface area (Å²) in [7, 11) is 0. The third-order valence-electron chi connectivity index (χ3n) is 4.88. The fourth-order valence-corrected chi connectivity index (χ4v) is 3.94. The largest absolute Gasteiger partial charge is 0.348 e. The zero-order chi connectivity index (χ0) is 14.3. The molecular weight excluding hydrogens is 264 g/mol. The highest BCUT2D eigenvalue weighted by atomic mass is 19.3. The van der Waals surface area contributed by atoms with E-state index in [0.29, 0.717) is 16.5 Å². The second-order valence-electron chi connectivity index (χ2n) is 6.04. The van der Waals surface area contributed by atoms with Gasteiger partial charge in [-0.25, -0.2) is 0 Å². The lowest BCUT2D eigenvalue weighted by Gasteiger charge is -2.28. The summed E-state index contributed by atoms with van der Waals surface area (Å²) in [6.45, 7) is -0.810. The Morgan fingerprint density at radius 3 is 2.85 bits per heavy atom. The third-order valence-corrected chi connectivity index (χ3v) is 4.88. The van der Waals surface area contributed by atoms with Gasteiger partial charge in [0.05, 0.1) is 0 Å². The van der Waals surface area contributed by atoms with E-state index in [0.717, 1.165) is 12.3 Å². The van der Waals surface area contributed by atoms with Gasteiger partial charge in [0.1, 0.15) is 5.69 Å². The summed E-state index contributed by atoms with van der Waals surface area (Å²) in [6.07, 6.45) is 6.19. The molecular formula is C14H19F2N3O. The van der Waals surface area contributed by atoms with Gasteiger partial charge in [-0.15, -0.1) is 0 Å². The van der Waals surface area contributed by atoms with Crippen LogP contribution >= 0.6 is 0 Å². The van der Waals surface area contributed by atoms with Crippen molar-refractivity contribution in [2.45, 2.75) is 45.2 Å². The van der Waals surface area contributed by atoms with E-state index in [1.54, 1.807) is 0 Å². The lowest BCUT2D eigenvalue weighted by atomic mass is 9.84. The second kappa shape index (κ2) is 5.14. The molecule has 3 rings (SSSR count). The van der Waals surface area contributed by atoms with E-state index in [4.69, 9.17) is 0 Å². The van der Waals surface area contributed by atoms with Crippen LogP contribution in [-0.2, 0) is 0 Å². The summed E-state index contributed by atoms with van der Waals surface area (Å²) in [5, 5.41) is 6.36. The zero-order valence-electron chi connectivity index (χ0n) is 11.4. The van der Waals surface area contributed by atoms with Gasteiger partial charge in [-0.2, -0.15) is 18.6 Å². The maximum Gasteiger partial charge on any atom is 0.333 e. The van der Waals surface area contributed by atoms with Gasteiger partial charge in [0.25, 0.3) is 5.91 Å². The number of halogens is 2. The molecule has 4 atom stereocenters. The summed E-state index contributed by atoms with van der Waals surface area (Å²) < 4.78 is 25.9. The van der Waals surface area contributed by atoms with E-state index in [1.165, 1.54) is 31.5 Å². The predicted octanol–water partition coefficient (Wildman–Crippen LogP) is 2.83. The highest BCUT2D eigenvalue weighted by molar-refractivity contribution is 5.92. The van der Waals surface area contributed by atoms with Gasteiger partial charge >= 0.3 is 6.55 Å². The fourth-order valence-electron chi connectivity index (χ4n) is 3.94. The van der Waals surface area contributed by atoms with Crippen molar-refractivity contribution in [1.29, 1.82) is 0 Å². The number of nitrogens with zero attached hydrogens (tertiary/aromatic N) is 2. The number of nitrogens with one attached hydrogen (secondary N) is 1. The number of alkyl halides is 2. The van der Waals surface area contributed by atoms with E-state index in [9.17, 15) is 13.6 Å². The zero-order valence-corrected chi connectivity index (χ0v) is 11.4. The molecule has 0 aliphatic heterocycles. The molecule has 0 aromatic carbocycles. The summed E-state index contributed by atoms with van der Waals surface area (Å²) in [5.74, 6) is 1.52. The number of fused-ring (bicyclic) bond motifs is 2. The molecule has 2 aliphatic rings. The van der Waals surface area contributed by atoms with Crippen molar-refractivity contribution < 1.29 is 13.6 Å². The van der Waals surface area contributed by atoms with Crippen molar-refractivity contribution in [3.63, 3.8) is 0 Å². The first-order valence-corrected chi connectivity index (χ1v) is 7.18. The minimum absolute atomic E-state index is 0.0267. The highest BCUT2D eigenvalue weighted by Crippen LogP contribution is 2.49. The number of rotatable bonds is 4. The Hall–Kier alpha value is -1.46. The van der Waals surface area contributed by atoms with Crippen molar-refractivity contribution in [3.8, 4) is 0 Å². The van der Waals surface area contributed by atoms with Gasteiger partial charge in [-0.1, -0.05) is 6.42 Å². The minimum Gasteiger partial charge on any atom is -0.348 e. The Morgan fingerprint density at radius 1 is 1.45 bits per heavy atom. The number of amides is 1. The Labute approximate surface area is 116 Å². The first kappa shape index (κ1) is 13.5. The highest BCUT2D eigenvalue weighted by Gasteiger charge is 2.42. The van der Waals surface area contributed by atoms with E-state index in [-0.39, 0.29) is 11.7 Å². The van der Waals surface area contributed by atoms with Gasteiger partial charge < -0.3 is 5.32 Å². The van der Waals surface area contributed by atoms with Crippen molar-refractivity contribution in [3.05, 3.63) is 18.0 Å². The first-order valence-electron chi connectivity index (χ1n) is 7.18. The smallest absolute Gasteiger partial charge is 0.333 e. The van der Waals surface area contributed by atoms with Gasteiger partial charge in [0.2, 0.25) is 0 Å². The molecule has 2 bridgehead atoms. The molecule has 1 N–H and O–H groups in total. The van der Waals surface area contributed by atoms with Crippen molar-refractivity contribution in [2.24, 2.45) is 17.8 Å². The molecule has 110 valence electrons. The van der Waals surface area contributed by atoms with E-state index in [2.05, 4.69) is 10.4 Å². The average molecular weight is 283 g/mol. The summed E-state index contributed by atoms with van der Waals surface area (Å²) in [5.41, 5.74) is -0.0741. The summed E-state index contributed by atoms with van der Waals surface area (Å²) in [4.78, 5) is 12.1. The minimum atomic E-state index is -2.79. The van der Waals surface area contributed by atoms with Gasteiger partial charge in [0, 0.05) is 12.2 Å². The quantitative estimate of drug-likeness (QED) is 0.923. The number of hydrogen-bond donors (Lipinski definition) is 1. The molecule has 0 saturated heterocycles. The SMILES string of the molecule is CC(NC(=O)c1ccnn1C(F)F)C1CC2CCC1C2. The van der Waals surface area contributed by atoms with E-state index < -0.39 is 12.5 Å². The fraction of sp³-hybridized carbons (Fsp3) is 0.714. The molecule has 20 heavy (non-hydrogen) atoms. The Balaban J connectivity index is 1.65. The lowest BCUT2D eigenvalue weighted by molar-refractivity contribution is 0.0504. The summed E-state index contributed by atoms with van der Waals surface area (Å²) in [6, 6.07) is 1.36. The molecule has 1 aromatic heterocycles. The van der Waals surface area contributed by atoms with Crippen LogP contribution < -0.4 is 5.32 Å². The molecule has 1 heterocycles. The van der Waals surface area contributed by atoms with Crippen molar-refractivity contribution in [2.75, 3.05) is 0 Å². The van der Waals surface area contributed by atoms with Crippen LogP contribution in [0.2, 0.25) is 0 Å². The molecule has 6 heteroatoms. The van der Waals surface area contributed by atoms with Crippen molar-refractivity contribution >= 4 is 5.91 Å².